The fourth-order valence-electron chi connectivity index (χ4n) is 1.59. The fourth-order valence-corrected chi connectivity index (χ4v) is 2.03. The van der Waals surface area contributed by atoms with Crippen LogP contribution in [0, 0.1) is 0 Å². The molecule has 2 N–H and O–H groups in total. The SMILES string of the molecule is C/C=C\CC(=C/C)/C(Cl)=C\C(C)(N)CCC. The number of hydrogen-bond donors (Lipinski definition) is 1. The van der Waals surface area contributed by atoms with Crippen LogP contribution >= 0.6 is 11.6 Å². The van der Waals surface area contributed by atoms with E-state index in [1.807, 2.05) is 39.0 Å². The van der Waals surface area contributed by atoms with Gasteiger partial charge in [-0.1, -0.05) is 43.2 Å². The van der Waals surface area contributed by atoms with Crippen LogP contribution in [0.4, 0.5) is 0 Å². The minimum atomic E-state index is -0.310. The van der Waals surface area contributed by atoms with Gasteiger partial charge >= 0.3 is 0 Å². The highest BCUT2D eigenvalue weighted by Crippen LogP contribution is 2.23. The summed E-state index contributed by atoms with van der Waals surface area (Å²) < 4.78 is 0. The first-order chi connectivity index (χ1) is 7.46. The van der Waals surface area contributed by atoms with Gasteiger partial charge in [-0.3, -0.25) is 0 Å². The quantitative estimate of drug-likeness (QED) is 0.536. The second kappa shape index (κ2) is 7.70. The van der Waals surface area contributed by atoms with Gasteiger partial charge in [0.05, 0.1) is 0 Å². The lowest BCUT2D eigenvalue weighted by Gasteiger charge is -2.20. The van der Waals surface area contributed by atoms with Crippen molar-refractivity contribution in [1.82, 2.24) is 0 Å². The van der Waals surface area contributed by atoms with Crippen LogP contribution in [-0.4, -0.2) is 5.54 Å². The van der Waals surface area contributed by atoms with E-state index in [0.29, 0.717) is 0 Å². The van der Waals surface area contributed by atoms with Crippen molar-refractivity contribution >= 4 is 11.6 Å². The molecule has 1 atom stereocenters. The number of hydrogen-bond acceptors (Lipinski definition) is 1. The fraction of sp³-hybridized carbons (Fsp3) is 0.571. The van der Waals surface area contributed by atoms with Crippen LogP contribution in [0.1, 0.15) is 47.0 Å². The molecule has 1 nitrogen and oxygen atoms in total. The maximum absolute atomic E-state index is 6.28. The Bertz CT molecular complexity index is 285. The molecule has 0 aliphatic heterocycles. The summed E-state index contributed by atoms with van der Waals surface area (Å²) in [4.78, 5) is 0. The van der Waals surface area contributed by atoms with Crippen molar-refractivity contribution in [3.05, 3.63) is 34.9 Å². The van der Waals surface area contributed by atoms with E-state index in [1.54, 1.807) is 0 Å². The Morgan fingerprint density at radius 1 is 1.38 bits per heavy atom. The van der Waals surface area contributed by atoms with E-state index < -0.39 is 0 Å². The second-order valence-corrected chi connectivity index (χ2v) is 4.74. The molecule has 0 spiro atoms. The van der Waals surface area contributed by atoms with Crippen LogP contribution in [0.3, 0.4) is 0 Å². The third kappa shape index (κ3) is 6.14. The minimum Gasteiger partial charge on any atom is -0.322 e. The van der Waals surface area contributed by atoms with Crippen molar-refractivity contribution in [3.8, 4) is 0 Å². The standard InChI is InChI=1S/C14H24ClN/c1-5-8-9-12(7-3)13(15)11-14(4,16)10-6-2/h5,7-8,11H,6,9-10,16H2,1-4H3/b8-5-,12-7-,13-11+. The van der Waals surface area contributed by atoms with Crippen molar-refractivity contribution in [2.45, 2.75) is 52.5 Å². The Morgan fingerprint density at radius 3 is 2.44 bits per heavy atom. The normalized spacial score (nSPS) is 17.9. The van der Waals surface area contributed by atoms with Gasteiger partial charge in [-0.15, -0.1) is 0 Å². The van der Waals surface area contributed by atoms with Crippen molar-refractivity contribution in [2.24, 2.45) is 5.73 Å². The van der Waals surface area contributed by atoms with Crippen LogP contribution < -0.4 is 5.73 Å². The third-order valence-electron chi connectivity index (χ3n) is 2.47. The molecule has 0 heterocycles. The van der Waals surface area contributed by atoms with Crippen LogP contribution in [0.25, 0.3) is 0 Å². The van der Waals surface area contributed by atoms with Crippen molar-refractivity contribution in [1.29, 1.82) is 0 Å². The molecule has 0 aliphatic rings. The van der Waals surface area contributed by atoms with Crippen LogP contribution in [0.2, 0.25) is 0 Å². The molecule has 2 heteroatoms. The Hall–Kier alpha value is -0.530. The van der Waals surface area contributed by atoms with E-state index >= 15 is 0 Å². The van der Waals surface area contributed by atoms with Crippen molar-refractivity contribution in [2.75, 3.05) is 0 Å². The first-order valence-electron chi connectivity index (χ1n) is 5.90. The van der Waals surface area contributed by atoms with Gasteiger partial charge in [0.15, 0.2) is 0 Å². The lowest BCUT2D eigenvalue weighted by Crippen LogP contribution is -2.33. The van der Waals surface area contributed by atoms with Gasteiger partial charge in [0, 0.05) is 10.6 Å². The molecule has 0 amide bonds. The summed E-state index contributed by atoms with van der Waals surface area (Å²) in [5, 5.41) is 0.777. The van der Waals surface area contributed by atoms with Gasteiger partial charge < -0.3 is 5.73 Å². The predicted octanol–water partition coefficient (Wildman–Crippen LogP) is 4.54. The van der Waals surface area contributed by atoms with E-state index in [9.17, 15) is 0 Å². The molecule has 0 fully saturated rings. The maximum atomic E-state index is 6.28. The molecule has 16 heavy (non-hydrogen) atoms. The zero-order valence-corrected chi connectivity index (χ0v) is 11.6. The summed E-state index contributed by atoms with van der Waals surface area (Å²) >= 11 is 6.28. The number of rotatable bonds is 6. The van der Waals surface area contributed by atoms with Crippen molar-refractivity contribution in [3.63, 3.8) is 0 Å². The van der Waals surface area contributed by atoms with E-state index in [1.165, 1.54) is 0 Å². The highest BCUT2D eigenvalue weighted by Gasteiger charge is 2.15. The first kappa shape index (κ1) is 15.5. The molecular weight excluding hydrogens is 218 g/mol. The Morgan fingerprint density at radius 2 is 2.00 bits per heavy atom. The van der Waals surface area contributed by atoms with Gasteiger partial charge in [-0.05, 0) is 45.3 Å². The van der Waals surface area contributed by atoms with E-state index in [2.05, 4.69) is 13.0 Å². The molecule has 0 aromatic carbocycles. The summed E-state index contributed by atoms with van der Waals surface area (Å²) in [5.74, 6) is 0. The molecule has 0 aromatic rings. The first-order valence-corrected chi connectivity index (χ1v) is 6.28. The minimum absolute atomic E-state index is 0.310. The summed E-state index contributed by atoms with van der Waals surface area (Å²) in [6.45, 7) is 8.16. The van der Waals surface area contributed by atoms with E-state index in [-0.39, 0.29) is 5.54 Å². The molecular formula is C14H24ClN. The Kier molecular flexibility index (Phi) is 7.44. The monoisotopic (exact) mass is 241 g/mol. The highest BCUT2D eigenvalue weighted by molar-refractivity contribution is 6.32. The van der Waals surface area contributed by atoms with Gasteiger partial charge in [-0.25, -0.2) is 0 Å². The number of allylic oxidation sites excluding steroid dienone is 5. The topological polar surface area (TPSA) is 26.0 Å². The number of nitrogens with two attached hydrogens (primary N) is 1. The lowest BCUT2D eigenvalue weighted by atomic mass is 9.95. The zero-order chi connectivity index (χ0) is 12.6. The van der Waals surface area contributed by atoms with Gasteiger partial charge in [0.25, 0.3) is 0 Å². The summed E-state index contributed by atoms with van der Waals surface area (Å²) in [6.07, 6.45) is 11.0. The van der Waals surface area contributed by atoms with Crippen LogP contribution in [0.15, 0.2) is 34.9 Å². The molecule has 1 unspecified atom stereocenters. The molecule has 0 aliphatic carbocycles. The zero-order valence-electron chi connectivity index (χ0n) is 10.9. The maximum Gasteiger partial charge on any atom is 0.0416 e. The number of halogens is 1. The molecule has 0 saturated carbocycles. The molecule has 92 valence electrons. The average molecular weight is 242 g/mol. The van der Waals surface area contributed by atoms with E-state index in [4.69, 9.17) is 17.3 Å². The molecule has 0 saturated heterocycles. The average Bonchev–Trinajstić information content (AvgIpc) is 2.17. The third-order valence-corrected chi connectivity index (χ3v) is 2.83. The lowest BCUT2D eigenvalue weighted by molar-refractivity contribution is 0.524. The Balaban J connectivity index is 4.73. The molecule has 0 bridgehead atoms. The summed E-state index contributed by atoms with van der Waals surface area (Å²) in [5.41, 5.74) is 6.97. The smallest absolute Gasteiger partial charge is 0.0416 e. The largest absolute Gasteiger partial charge is 0.322 e. The summed E-state index contributed by atoms with van der Waals surface area (Å²) in [7, 11) is 0. The predicted molar refractivity (Wildman–Crippen MR) is 74.6 cm³/mol. The highest BCUT2D eigenvalue weighted by atomic mass is 35.5. The van der Waals surface area contributed by atoms with Crippen LogP contribution in [-0.2, 0) is 0 Å². The van der Waals surface area contributed by atoms with Gasteiger partial charge in [0.2, 0.25) is 0 Å². The van der Waals surface area contributed by atoms with Crippen LogP contribution in [0.5, 0.6) is 0 Å². The van der Waals surface area contributed by atoms with E-state index in [0.717, 1.165) is 29.9 Å². The van der Waals surface area contributed by atoms with Gasteiger partial charge in [-0.2, -0.15) is 0 Å². The van der Waals surface area contributed by atoms with Gasteiger partial charge in [0.1, 0.15) is 0 Å². The molecule has 0 aromatic heterocycles. The summed E-state index contributed by atoms with van der Waals surface area (Å²) in [6, 6.07) is 0. The molecule has 0 rings (SSSR count). The Labute approximate surface area is 105 Å². The second-order valence-electron chi connectivity index (χ2n) is 4.34. The van der Waals surface area contributed by atoms with Crippen molar-refractivity contribution < 1.29 is 0 Å². The molecule has 0 radical (unpaired) electrons.